The van der Waals surface area contributed by atoms with Crippen molar-refractivity contribution in [3.8, 4) is 11.5 Å². The highest BCUT2D eigenvalue weighted by atomic mass is 32.2. The number of anilines is 2. The maximum absolute atomic E-state index is 12.6. The lowest BCUT2D eigenvalue weighted by atomic mass is 10.2. The molecule has 2 N–H and O–H groups in total. The Morgan fingerprint density at radius 1 is 1.17 bits per heavy atom. The highest BCUT2D eigenvalue weighted by molar-refractivity contribution is 7.92. The van der Waals surface area contributed by atoms with E-state index in [2.05, 4.69) is 25.2 Å². The van der Waals surface area contributed by atoms with E-state index >= 15 is 0 Å². The van der Waals surface area contributed by atoms with Gasteiger partial charge in [0.25, 0.3) is 5.91 Å². The Balaban J connectivity index is 1.81. The summed E-state index contributed by atoms with van der Waals surface area (Å²) in [7, 11) is -3.43. The van der Waals surface area contributed by atoms with Crippen LogP contribution in [0.1, 0.15) is 37.2 Å². The molecular weight excluding hydrogens is 392 g/mol. The molecule has 2 heterocycles. The molecule has 0 bridgehead atoms. The van der Waals surface area contributed by atoms with Gasteiger partial charge in [-0.25, -0.2) is 13.4 Å². The lowest BCUT2D eigenvalue weighted by Crippen LogP contribution is -2.16. The van der Waals surface area contributed by atoms with E-state index in [1.807, 2.05) is 18.4 Å². The van der Waals surface area contributed by atoms with Crippen molar-refractivity contribution < 1.29 is 13.2 Å². The second-order valence-electron chi connectivity index (χ2n) is 6.60. The SMILES string of the molecule is CCS(=O)(=O)Nc1cccc(C(=O)Nc2cccc(-c3nncn3C(C)C)n2)c1. The first-order valence-electron chi connectivity index (χ1n) is 9.08. The van der Waals surface area contributed by atoms with Gasteiger partial charge in [0.2, 0.25) is 10.0 Å². The van der Waals surface area contributed by atoms with Crippen molar-refractivity contribution in [2.75, 3.05) is 15.8 Å². The number of rotatable bonds is 7. The Labute approximate surface area is 169 Å². The van der Waals surface area contributed by atoms with Crippen molar-refractivity contribution in [2.24, 2.45) is 0 Å². The van der Waals surface area contributed by atoms with Crippen LogP contribution in [-0.4, -0.2) is 39.8 Å². The number of hydrogen-bond acceptors (Lipinski definition) is 6. The zero-order valence-electron chi connectivity index (χ0n) is 16.3. The summed E-state index contributed by atoms with van der Waals surface area (Å²) in [5, 5.41) is 10.8. The van der Waals surface area contributed by atoms with Crippen molar-refractivity contribution in [2.45, 2.75) is 26.8 Å². The molecule has 0 aliphatic heterocycles. The standard InChI is InChI=1S/C19H22N6O3S/c1-4-29(27,28)24-15-8-5-7-14(11-15)19(26)22-17-10-6-9-16(21-17)18-23-20-12-25(18)13(2)3/h5-13,24H,4H2,1-3H3,(H,21,22,26). The van der Waals surface area contributed by atoms with Crippen LogP contribution in [0, 0.1) is 0 Å². The smallest absolute Gasteiger partial charge is 0.256 e. The summed E-state index contributed by atoms with van der Waals surface area (Å²) in [6.07, 6.45) is 1.63. The van der Waals surface area contributed by atoms with E-state index in [0.29, 0.717) is 28.6 Å². The van der Waals surface area contributed by atoms with Gasteiger partial charge in [-0.3, -0.25) is 9.52 Å². The van der Waals surface area contributed by atoms with E-state index in [-0.39, 0.29) is 11.8 Å². The number of amides is 1. The van der Waals surface area contributed by atoms with Crippen LogP contribution >= 0.6 is 0 Å². The van der Waals surface area contributed by atoms with E-state index in [9.17, 15) is 13.2 Å². The van der Waals surface area contributed by atoms with Gasteiger partial charge >= 0.3 is 0 Å². The molecule has 29 heavy (non-hydrogen) atoms. The number of aromatic nitrogens is 4. The molecule has 10 heteroatoms. The molecule has 0 radical (unpaired) electrons. The van der Waals surface area contributed by atoms with Crippen LogP contribution in [0.5, 0.6) is 0 Å². The Morgan fingerprint density at radius 3 is 2.66 bits per heavy atom. The fourth-order valence-corrected chi connectivity index (χ4v) is 3.23. The van der Waals surface area contributed by atoms with Crippen LogP contribution in [0.25, 0.3) is 11.5 Å². The van der Waals surface area contributed by atoms with Crippen LogP contribution in [0.3, 0.4) is 0 Å². The Morgan fingerprint density at radius 2 is 1.93 bits per heavy atom. The molecule has 3 rings (SSSR count). The molecular formula is C19H22N6O3S. The molecule has 0 spiro atoms. The molecule has 1 aromatic carbocycles. The first-order chi connectivity index (χ1) is 13.8. The molecule has 0 saturated carbocycles. The van der Waals surface area contributed by atoms with Crippen LogP contribution in [-0.2, 0) is 10.0 Å². The Kier molecular flexibility index (Phi) is 5.92. The number of pyridine rings is 1. The van der Waals surface area contributed by atoms with Gasteiger partial charge < -0.3 is 9.88 Å². The number of nitrogens with zero attached hydrogens (tertiary/aromatic N) is 4. The summed E-state index contributed by atoms with van der Waals surface area (Å²) in [6.45, 7) is 5.56. The van der Waals surface area contributed by atoms with E-state index in [0.717, 1.165) is 0 Å². The average Bonchev–Trinajstić information content (AvgIpc) is 3.18. The summed E-state index contributed by atoms with van der Waals surface area (Å²) in [5.41, 5.74) is 1.21. The third kappa shape index (κ3) is 4.96. The number of carbonyl (C=O) groups is 1. The normalized spacial score (nSPS) is 11.4. The van der Waals surface area contributed by atoms with Gasteiger partial charge in [-0.2, -0.15) is 0 Å². The maximum Gasteiger partial charge on any atom is 0.256 e. The minimum absolute atomic E-state index is 0.0544. The molecule has 3 aromatic rings. The van der Waals surface area contributed by atoms with Gasteiger partial charge in [0, 0.05) is 17.3 Å². The lowest BCUT2D eigenvalue weighted by Gasteiger charge is -2.11. The van der Waals surface area contributed by atoms with Gasteiger partial charge in [0.1, 0.15) is 17.8 Å². The largest absolute Gasteiger partial charge is 0.310 e. The number of hydrogen-bond donors (Lipinski definition) is 2. The third-order valence-corrected chi connectivity index (χ3v) is 5.43. The first-order valence-corrected chi connectivity index (χ1v) is 10.7. The molecule has 2 aromatic heterocycles. The molecule has 0 saturated heterocycles. The molecule has 0 fully saturated rings. The van der Waals surface area contributed by atoms with Crippen LogP contribution in [0.2, 0.25) is 0 Å². The van der Waals surface area contributed by atoms with Gasteiger partial charge in [-0.1, -0.05) is 12.1 Å². The predicted octanol–water partition coefficient (Wildman–Crippen LogP) is 2.93. The second kappa shape index (κ2) is 8.39. The van der Waals surface area contributed by atoms with Gasteiger partial charge in [0.15, 0.2) is 5.82 Å². The zero-order chi connectivity index (χ0) is 21.0. The lowest BCUT2D eigenvalue weighted by molar-refractivity contribution is 0.102. The minimum atomic E-state index is -3.43. The average molecular weight is 414 g/mol. The maximum atomic E-state index is 12.6. The molecule has 0 unspecified atom stereocenters. The summed E-state index contributed by atoms with van der Waals surface area (Å²) in [4.78, 5) is 17.1. The summed E-state index contributed by atoms with van der Waals surface area (Å²) in [5.74, 6) is 0.496. The van der Waals surface area contributed by atoms with Crippen molar-refractivity contribution in [1.29, 1.82) is 0 Å². The van der Waals surface area contributed by atoms with Crippen LogP contribution in [0.15, 0.2) is 48.8 Å². The fraction of sp³-hybridized carbons (Fsp3) is 0.263. The van der Waals surface area contributed by atoms with E-state index in [1.165, 1.54) is 13.0 Å². The highest BCUT2D eigenvalue weighted by Crippen LogP contribution is 2.20. The minimum Gasteiger partial charge on any atom is -0.310 e. The van der Waals surface area contributed by atoms with Crippen LogP contribution in [0.4, 0.5) is 11.5 Å². The van der Waals surface area contributed by atoms with Gasteiger partial charge in [-0.05, 0) is 51.1 Å². The number of nitrogens with one attached hydrogen (secondary N) is 2. The topological polar surface area (TPSA) is 119 Å². The Hall–Kier alpha value is -3.27. The molecule has 9 nitrogen and oxygen atoms in total. The quantitative estimate of drug-likeness (QED) is 0.613. The molecule has 0 aliphatic carbocycles. The van der Waals surface area contributed by atoms with E-state index in [1.54, 1.807) is 42.7 Å². The summed E-state index contributed by atoms with van der Waals surface area (Å²) < 4.78 is 27.8. The molecule has 0 atom stereocenters. The Bertz CT molecular complexity index is 1120. The van der Waals surface area contributed by atoms with E-state index in [4.69, 9.17) is 0 Å². The molecule has 1 amide bonds. The predicted molar refractivity (Wildman–Crippen MR) is 111 cm³/mol. The zero-order valence-corrected chi connectivity index (χ0v) is 17.1. The van der Waals surface area contributed by atoms with Crippen molar-refractivity contribution in [3.05, 3.63) is 54.4 Å². The molecule has 152 valence electrons. The van der Waals surface area contributed by atoms with Crippen molar-refractivity contribution in [3.63, 3.8) is 0 Å². The van der Waals surface area contributed by atoms with Gasteiger partial charge in [-0.15, -0.1) is 10.2 Å². The first kappa shape index (κ1) is 20.5. The third-order valence-electron chi connectivity index (χ3n) is 4.13. The summed E-state index contributed by atoms with van der Waals surface area (Å²) in [6, 6.07) is 11.6. The second-order valence-corrected chi connectivity index (χ2v) is 8.62. The van der Waals surface area contributed by atoms with Gasteiger partial charge in [0.05, 0.1) is 5.75 Å². The number of benzene rings is 1. The van der Waals surface area contributed by atoms with Crippen molar-refractivity contribution in [1.82, 2.24) is 19.7 Å². The van der Waals surface area contributed by atoms with E-state index < -0.39 is 15.9 Å². The number of carbonyl (C=O) groups excluding carboxylic acids is 1. The highest BCUT2D eigenvalue weighted by Gasteiger charge is 2.14. The fourth-order valence-electron chi connectivity index (χ4n) is 2.60. The molecule has 0 aliphatic rings. The van der Waals surface area contributed by atoms with Crippen LogP contribution < -0.4 is 10.0 Å². The monoisotopic (exact) mass is 414 g/mol. The number of sulfonamides is 1. The summed E-state index contributed by atoms with van der Waals surface area (Å²) >= 11 is 0. The van der Waals surface area contributed by atoms with Crippen molar-refractivity contribution >= 4 is 27.4 Å².